The highest BCUT2D eigenvalue weighted by atomic mass is 32.2. The second-order valence-electron chi connectivity index (χ2n) is 4.61. The van der Waals surface area contributed by atoms with Crippen molar-refractivity contribution in [2.45, 2.75) is 10.1 Å². The van der Waals surface area contributed by atoms with Crippen LogP contribution in [-0.4, -0.2) is 25.0 Å². The summed E-state index contributed by atoms with van der Waals surface area (Å²) in [5.74, 6) is 0.585. The standard InChI is InChI=1S/C13H10N6OS3/c14-11-16-17-13(23-11)21-6-7-5-10(20)19(18-7)12-15-8-3-1-2-4-9(8)22-12/h1-5,18H,6H2,(H2,14,16). The lowest BCUT2D eigenvalue weighted by molar-refractivity contribution is 0.827. The molecule has 0 aliphatic heterocycles. The average Bonchev–Trinajstić information content (AvgIpc) is 3.23. The molecular formula is C13H10N6OS3. The van der Waals surface area contributed by atoms with Crippen LogP contribution >= 0.6 is 34.4 Å². The third-order valence-electron chi connectivity index (χ3n) is 3.02. The normalized spacial score (nSPS) is 11.3. The minimum atomic E-state index is -0.128. The van der Waals surface area contributed by atoms with Gasteiger partial charge in [0.25, 0.3) is 5.56 Å². The first-order valence-electron chi connectivity index (χ1n) is 6.58. The van der Waals surface area contributed by atoms with Gasteiger partial charge in [-0.15, -0.1) is 10.2 Å². The Balaban J connectivity index is 1.60. The van der Waals surface area contributed by atoms with Crippen molar-refractivity contribution in [3.63, 3.8) is 0 Å². The van der Waals surface area contributed by atoms with Crippen LogP contribution < -0.4 is 11.3 Å². The number of nitrogens with two attached hydrogens (primary N) is 1. The molecule has 0 aliphatic rings. The molecule has 3 N–H and O–H groups in total. The first-order chi connectivity index (χ1) is 11.2. The third kappa shape index (κ3) is 2.87. The monoisotopic (exact) mass is 362 g/mol. The molecule has 0 atom stereocenters. The number of nitrogens with zero attached hydrogens (tertiary/aromatic N) is 4. The Morgan fingerprint density at radius 3 is 2.91 bits per heavy atom. The number of benzene rings is 1. The van der Waals surface area contributed by atoms with Crippen molar-refractivity contribution in [3.8, 4) is 5.13 Å². The number of fused-ring (bicyclic) bond motifs is 1. The first kappa shape index (κ1) is 14.4. The fourth-order valence-corrected chi connectivity index (χ4v) is 4.50. The van der Waals surface area contributed by atoms with Gasteiger partial charge in [-0.25, -0.2) is 4.98 Å². The molecule has 4 rings (SSSR count). The summed E-state index contributed by atoms with van der Waals surface area (Å²) < 4.78 is 3.29. The summed E-state index contributed by atoms with van der Waals surface area (Å²) >= 11 is 4.28. The predicted molar refractivity (Wildman–Crippen MR) is 93.5 cm³/mol. The molecule has 116 valence electrons. The molecule has 0 bridgehead atoms. The van der Waals surface area contributed by atoms with Gasteiger partial charge in [0.05, 0.1) is 10.2 Å². The lowest BCUT2D eigenvalue weighted by Gasteiger charge is -1.96. The second-order valence-corrected chi connectivity index (χ2v) is 7.85. The number of rotatable bonds is 4. The van der Waals surface area contributed by atoms with Crippen molar-refractivity contribution in [2.75, 3.05) is 5.73 Å². The maximum atomic E-state index is 12.2. The molecular weight excluding hydrogens is 352 g/mol. The molecule has 0 unspecified atom stereocenters. The van der Waals surface area contributed by atoms with Crippen LogP contribution in [-0.2, 0) is 5.75 Å². The highest BCUT2D eigenvalue weighted by molar-refractivity contribution is 8.00. The van der Waals surface area contributed by atoms with Gasteiger partial charge in [-0.05, 0) is 12.1 Å². The van der Waals surface area contributed by atoms with E-state index in [9.17, 15) is 4.79 Å². The zero-order valence-electron chi connectivity index (χ0n) is 11.6. The van der Waals surface area contributed by atoms with Gasteiger partial charge in [0.15, 0.2) is 4.34 Å². The number of nitrogens with one attached hydrogen (secondary N) is 1. The van der Waals surface area contributed by atoms with Crippen LogP contribution in [0.4, 0.5) is 5.13 Å². The molecule has 23 heavy (non-hydrogen) atoms. The van der Waals surface area contributed by atoms with Gasteiger partial charge in [-0.3, -0.25) is 9.89 Å². The van der Waals surface area contributed by atoms with Gasteiger partial charge < -0.3 is 5.73 Å². The molecule has 0 saturated heterocycles. The smallest absolute Gasteiger partial charge is 0.273 e. The second kappa shape index (κ2) is 5.80. The molecule has 4 aromatic rings. The zero-order chi connectivity index (χ0) is 15.8. The molecule has 10 heteroatoms. The largest absolute Gasteiger partial charge is 0.374 e. The highest BCUT2D eigenvalue weighted by Gasteiger charge is 2.11. The predicted octanol–water partition coefficient (Wildman–Crippen LogP) is 2.50. The van der Waals surface area contributed by atoms with Crippen LogP contribution in [0.1, 0.15) is 5.69 Å². The molecule has 3 heterocycles. The molecule has 0 spiro atoms. The van der Waals surface area contributed by atoms with E-state index in [1.54, 1.807) is 6.07 Å². The third-order valence-corrected chi connectivity index (χ3v) is 5.98. The van der Waals surface area contributed by atoms with E-state index in [0.29, 0.717) is 16.0 Å². The van der Waals surface area contributed by atoms with Gasteiger partial charge in [-0.1, -0.05) is 46.6 Å². The zero-order valence-corrected chi connectivity index (χ0v) is 14.0. The lowest BCUT2D eigenvalue weighted by atomic mass is 10.3. The topological polar surface area (TPSA) is 102 Å². The number of aromatic nitrogens is 5. The summed E-state index contributed by atoms with van der Waals surface area (Å²) in [7, 11) is 0. The molecule has 0 saturated carbocycles. The van der Waals surface area contributed by atoms with Crippen molar-refractivity contribution in [1.82, 2.24) is 25.0 Å². The van der Waals surface area contributed by atoms with Crippen molar-refractivity contribution in [2.24, 2.45) is 0 Å². The van der Waals surface area contributed by atoms with Crippen LogP contribution in [0, 0.1) is 0 Å². The van der Waals surface area contributed by atoms with Gasteiger partial charge in [0.2, 0.25) is 10.3 Å². The number of H-pyrrole nitrogens is 1. The molecule has 3 aromatic heterocycles. The van der Waals surface area contributed by atoms with Crippen molar-refractivity contribution < 1.29 is 0 Å². The number of hydrogen-bond acceptors (Lipinski definition) is 8. The summed E-state index contributed by atoms with van der Waals surface area (Å²) in [4.78, 5) is 16.7. The maximum Gasteiger partial charge on any atom is 0.273 e. The Bertz CT molecular complexity index is 997. The van der Waals surface area contributed by atoms with Crippen LogP contribution in [0.3, 0.4) is 0 Å². The molecule has 0 aliphatic carbocycles. The number of hydrogen-bond donors (Lipinski definition) is 2. The number of anilines is 1. The Morgan fingerprint density at radius 2 is 2.13 bits per heavy atom. The van der Waals surface area contributed by atoms with E-state index in [2.05, 4.69) is 20.3 Å². The number of thiazole rings is 1. The Kier molecular flexibility index (Phi) is 3.63. The van der Waals surface area contributed by atoms with E-state index in [1.165, 1.54) is 39.1 Å². The summed E-state index contributed by atoms with van der Waals surface area (Å²) in [5, 5.41) is 11.9. The van der Waals surface area contributed by atoms with Crippen LogP contribution in [0.2, 0.25) is 0 Å². The van der Waals surface area contributed by atoms with E-state index in [-0.39, 0.29) is 5.56 Å². The molecule has 7 nitrogen and oxygen atoms in total. The fourth-order valence-electron chi connectivity index (χ4n) is 2.03. The molecule has 0 amide bonds. The minimum Gasteiger partial charge on any atom is -0.374 e. The Labute approximate surface area is 142 Å². The number of para-hydroxylation sites is 1. The van der Waals surface area contributed by atoms with E-state index in [1.807, 2.05) is 24.3 Å². The van der Waals surface area contributed by atoms with Gasteiger partial charge in [0.1, 0.15) is 0 Å². The van der Waals surface area contributed by atoms with E-state index >= 15 is 0 Å². The summed E-state index contributed by atoms with van der Waals surface area (Å²) in [5.41, 5.74) is 7.11. The molecule has 1 aromatic carbocycles. The van der Waals surface area contributed by atoms with Crippen molar-refractivity contribution >= 4 is 49.8 Å². The summed E-state index contributed by atoms with van der Waals surface area (Å²) in [6.07, 6.45) is 0. The van der Waals surface area contributed by atoms with Crippen LogP contribution in [0.15, 0.2) is 39.5 Å². The minimum absolute atomic E-state index is 0.128. The van der Waals surface area contributed by atoms with Crippen LogP contribution in [0.25, 0.3) is 15.3 Å². The number of aromatic amines is 1. The lowest BCUT2D eigenvalue weighted by Crippen LogP contribution is -2.12. The summed E-state index contributed by atoms with van der Waals surface area (Å²) in [6.45, 7) is 0. The molecule has 0 radical (unpaired) electrons. The van der Waals surface area contributed by atoms with Gasteiger partial charge in [0, 0.05) is 17.5 Å². The van der Waals surface area contributed by atoms with Crippen molar-refractivity contribution in [1.29, 1.82) is 0 Å². The molecule has 0 fully saturated rings. The van der Waals surface area contributed by atoms with Crippen molar-refractivity contribution in [3.05, 3.63) is 46.4 Å². The Hall–Kier alpha value is -2.17. The van der Waals surface area contributed by atoms with Crippen LogP contribution in [0.5, 0.6) is 0 Å². The number of thioether (sulfide) groups is 1. The first-order valence-corrected chi connectivity index (χ1v) is 9.19. The van der Waals surface area contributed by atoms with E-state index in [0.717, 1.165) is 20.3 Å². The Morgan fingerprint density at radius 1 is 1.26 bits per heavy atom. The summed E-state index contributed by atoms with van der Waals surface area (Å²) in [6, 6.07) is 9.38. The quantitative estimate of drug-likeness (QED) is 0.541. The highest BCUT2D eigenvalue weighted by Crippen LogP contribution is 2.27. The van der Waals surface area contributed by atoms with E-state index < -0.39 is 0 Å². The van der Waals surface area contributed by atoms with E-state index in [4.69, 9.17) is 5.73 Å². The SMILES string of the molecule is Nc1nnc(SCc2cc(=O)n(-c3nc4ccccc4s3)[nH]2)s1. The fraction of sp³-hybridized carbons (Fsp3) is 0.0769. The van der Waals surface area contributed by atoms with Gasteiger partial charge >= 0.3 is 0 Å². The maximum absolute atomic E-state index is 12.2. The number of nitrogen functional groups attached to an aromatic ring is 1. The average molecular weight is 362 g/mol. The van der Waals surface area contributed by atoms with Gasteiger partial charge in [-0.2, -0.15) is 4.68 Å².